The number of allylic oxidation sites excluding steroid dienone is 1. The van der Waals surface area contributed by atoms with Crippen LogP contribution in [-0.2, 0) is 19.1 Å². The average molecular weight is 619 g/mol. The molecule has 0 amide bonds. The molecule has 45 heavy (non-hydrogen) atoms. The molecule has 6 rings (SSSR count). The van der Waals surface area contributed by atoms with Crippen LogP contribution in [0.5, 0.6) is 0 Å². The normalized spacial score (nSPS) is 43.1. The summed E-state index contributed by atoms with van der Waals surface area (Å²) in [5.41, 5.74) is 0.344. The zero-order valence-electron chi connectivity index (χ0n) is 28.3. The number of hydrogen-bond donors (Lipinski definition) is 1. The van der Waals surface area contributed by atoms with Gasteiger partial charge < -0.3 is 14.6 Å². The third kappa shape index (κ3) is 4.58. The first-order valence-corrected chi connectivity index (χ1v) is 17.4. The fourth-order valence-corrected chi connectivity index (χ4v) is 12.9. The van der Waals surface area contributed by atoms with E-state index in [9.17, 15) is 19.5 Å². The highest BCUT2D eigenvalue weighted by Crippen LogP contribution is 2.77. The summed E-state index contributed by atoms with van der Waals surface area (Å²) in [4.78, 5) is 38.8. The van der Waals surface area contributed by atoms with Gasteiger partial charge >= 0.3 is 17.9 Å². The van der Waals surface area contributed by atoms with Crippen LogP contribution in [0.4, 0.5) is 0 Å². The quantitative estimate of drug-likeness (QED) is 0.254. The largest absolute Gasteiger partial charge is 0.481 e. The van der Waals surface area contributed by atoms with E-state index in [0.717, 1.165) is 56.9 Å². The summed E-state index contributed by atoms with van der Waals surface area (Å²) in [6.07, 6.45) is 8.74. The van der Waals surface area contributed by atoms with E-state index in [1.807, 2.05) is 30.3 Å². The minimum absolute atomic E-state index is 0.00359. The molecule has 10 atom stereocenters. The third-order valence-corrected chi connectivity index (χ3v) is 14.9. The van der Waals surface area contributed by atoms with Crippen LogP contribution in [-0.4, -0.2) is 35.7 Å². The van der Waals surface area contributed by atoms with Crippen molar-refractivity contribution in [2.45, 2.75) is 112 Å². The SMILES string of the molecule is C=C(C)[C@@H]1CC[C@]2(C(=O)O)CC[C@]3(COC(=O)c4ccccc4)[C@H](CC[C@@H]4[C@]5(C)CC[C@H](OC(C)=O)C(C)(C)[C@@H]5CC[C@]43C)[C@H]12. The number of carboxylic acid groups (broad SMARTS) is 1. The molecule has 5 aliphatic rings. The second-order valence-electron chi connectivity index (χ2n) is 16.8. The van der Waals surface area contributed by atoms with E-state index in [-0.39, 0.29) is 57.5 Å². The molecule has 5 aliphatic carbocycles. The van der Waals surface area contributed by atoms with E-state index in [2.05, 4.69) is 41.2 Å². The van der Waals surface area contributed by atoms with Crippen molar-refractivity contribution in [1.29, 1.82) is 0 Å². The molecular weight excluding hydrogens is 564 g/mol. The second kappa shape index (κ2) is 11.0. The molecule has 0 aromatic heterocycles. The van der Waals surface area contributed by atoms with Crippen molar-refractivity contribution >= 4 is 17.9 Å². The van der Waals surface area contributed by atoms with E-state index in [4.69, 9.17) is 9.47 Å². The molecule has 1 N–H and O–H groups in total. The average Bonchev–Trinajstić information content (AvgIpc) is 3.39. The fourth-order valence-electron chi connectivity index (χ4n) is 12.9. The number of carboxylic acids is 1. The Balaban J connectivity index is 1.43. The fraction of sp³-hybridized carbons (Fsp3) is 0.718. The first-order chi connectivity index (χ1) is 21.1. The molecule has 0 unspecified atom stereocenters. The Kier molecular flexibility index (Phi) is 7.88. The van der Waals surface area contributed by atoms with Crippen molar-refractivity contribution in [3.63, 3.8) is 0 Å². The third-order valence-electron chi connectivity index (χ3n) is 14.9. The summed E-state index contributed by atoms with van der Waals surface area (Å²) >= 11 is 0. The predicted molar refractivity (Wildman–Crippen MR) is 173 cm³/mol. The van der Waals surface area contributed by atoms with Gasteiger partial charge in [-0.2, -0.15) is 0 Å². The first kappa shape index (κ1) is 32.3. The lowest BCUT2D eigenvalue weighted by atomic mass is 9.32. The minimum atomic E-state index is -0.740. The maximum atomic E-state index is 13.5. The van der Waals surface area contributed by atoms with Crippen LogP contribution in [0.3, 0.4) is 0 Å². The van der Waals surface area contributed by atoms with Crippen molar-refractivity contribution in [2.75, 3.05) is 6.61 Å². The van der Waals surface area contributed by atoms with Crippen molar-refractivity contribution in [3.05, 3.63) is 48.0 Å². The van der Waals surface area contributed by atoms with Gasteiger partial charge in [0.25, 0.3) is 0 Å². The first-order valence-electron chi connectivity index (χ1n) is 17.4. The number of fused-ring (bicyclic) bond motifs is 7. The molecule has 246 valence electrons. The Hall–Kier alpha value is -2.63. The molecule has 1 aromatic rings. The highest BCUT2D eigenvalue weighted by Gasteiger charge is 2.73. The van der Waals surface area contributed by atoms with Crippen LogP contribution in [0.25, 0.3) is 0 Å². The molecule has 5 fully saturated rings. The Morgan fingerprint density at radius 2 is 1.58 bits per heavy atom. The van der Waals surface area contributed by atoms with Gasteiger partial charge in [-0.3, -0.25) is 9.59 Å². The molecule has 6 nitrogen and oxygen atoms in total. The molecule has 0 aliphatic heterocycles. The Morgan fingerprint density at radius 1 is 0.867 bits per heavy atom. The smallest absolute Gasteiger partial charge is 0.338 e. The molecule has 0 radical (unpaired) electrons. The maximum Gasteiger partial charge on any atom is 0.338 e. The van der Waals surface area contributed by atoms with E-state index >= 15 is 0 Å². The van der Waals surface area contributed by atoms with Crippen LogP contribution in [0.1, 0.15) is 116 Å². The molecular formula is C39H54O6. The van der Waals surface area contributed by atoms with Crippen molar-refractivity contribution in [3.8, 4) is 0 Å². The number of esters is 2. The standard InChI is InChI=1S/C39H54O6/c1-24(2)27-15-20-38(34(42)43)21-22-39(23-44-33(41)26-11-9-8-10-12-26)28(32(27)38)13-14-30-36(6)18-17-31(45-25(3)40)35(4,5)29(36)16-19-37(30,39)7/h8-12,27-32H,1,13-23H2,2-7H3,(H,42,43)/t27-,28+,29-,30+,31-,32-,36+,37+,38-,39-/m0/s1. The molecule has 1 aromatic carbocycles. The number of hydrogen-bond acceptors (Lipinski definition) is 5. The summed E-state index contributed by atoms with van der Waals surface area (Å²) in [5, 5.41) is 10.8. The van der Waals surface area contributed by atoms with Crippen LogP contribution in [0.2, 0.25) is 0 Å². The number of benzene rings is 1. The molecule has 0 saturated heterocycles. The highest BCUT2D eigenvalue weighted by atomic mass is 16.5. The number of carbonyl (C=O) groups is 3. The van der Waals surface area contributed by atoms with Crippen molar-refractivity contribution in [1.82, 2.24) is 0 Å². The summed E-state index contributed by atoms with van der Waals surface area (Å²) in [6.45, 7) is 17.9. The van der Waals surface area contributed by atoms with Gasteiger partial charge in [-0.15, -0.1) is 0 Å². The summed E-state index contributed by atoms with van der Waals surface area (Å²) in [6, 6.07) is 9.25. The van der Waals surface area contributed by atoms with E-state index in [1.165, 1.54) is 6.92 Å². The van der Waals surface area contributed by atoms with Crippen LogP contribution in [0, 0.1) is 56.7 Å². The predicted octanol–water partition coefficient (Wildman–Crippen LogP) is 8.50. The molecule has 5 saturated carbocycles. The van der Waals surface area contributed by atoms with Gasteiger partial charge in [-0.05, 0) is 124 Å². The number of carbonyl (C=O) groups excluding carboxylic acids is 2. The summed E-state index contributed by atoms with van der Waals surface area (Å²) in [7, 11) is 0. The van der Waals surface area contributed by atoms with Gasteiger partial charge in [0, 0.05) is 17.8 Å². The van der Waals surface area contributed by atoms with Crippen molar-refractivity contribution in [2.24, 2.45) is 56.7 Å². The molecule has 6 heteroatoms. The van der Waals surface area contributed by atoms with Crippen LogP contribution < -0.4 is 0 Å². The monoisotopic (exact) mass is 618 g/mol. The number of ether oxygens (including phenoxy) is 2. The van der Waals surface area contributed by atoms with E-state index < -0.39 is 11.4 Å². The topological polar surface area (TPSA) is 89.9 Å². The molecule has 0 heterocycles. The van der Waals surface area contributed by atoms with Crippen LogP contribution in [0.15, 0.2) is 42.5 Å². The number of aliphatic carboxylic acids is 1. The van der Waals surface area contributed by atoms with E-state index in [1.54, 1.807) is 0 Å². The molecule has 0 bridgehead atoms. The summed E-state index contributed by atoms with van der Waals surface area (Å²) in [5.74, 6) is -0.0495. The lowest BCUT2D eigenvalue weighted by molar-refractivity contribution is -0.263. The Labute approximate surface area is 269 Å². The summed E-state index contributed by atoms with van der Waals surface area (Å²) < 4.78 is 12.3. The minimum Gasteiger partial charge on any atom is -0.481 e. The highest BCUT2D eigenvalue weighted by molar-refractivity contribution is 5.89. The zero-order chi connectivity index (χ0) is 32.6. The number of rotatable bonds is 6. The zero-order valence-corrected chi connectivity index (χ0v) is 28.3. The molecule has 0 spiro atoms. The Bertz CT molecular complexity index is 1370. The second-order valence-corrected chi connectivity index (χ2v) is 16.8. The van der Waals surface area contributed by atoms with Gasteiger partial charge in [0.15, 0.2) is 0 Å². The van der Waals surface area contributed by atoms with Crippen LogP contribution >= 0.6 is 0 Å². The lowest BCUT2D eigenvalue weighted by Crippen LogP contribution is -2.69. The van der Waals surface area contributed by atoms with Crippen molar-refractivity contribution < 1.29 is 29.0 Å². The van der Waals surface area contributed by atoms with Gasteiger partial charge in [0.05, 0.1) is 17.6 Å². The Morgan fingerprint density at radius 3 is 2.22 bits per heavy atom. The van der Waals surface area contributed by atoms with Gasteiger partial charge in [0.1, 0.15) is 6.10 Å². The van der Waals surface area contributed by atoms with Gasteiger partial charge in [-0.25, -0.2) is 4.79 Å². The van der Waals surface area contributed by atoms with Gasteiger partial charge in [0.2, 0.25) is 0 Å². The maximum absolute atomic E-state index is 13.5. The lowest BCUT2D eigenvalue weighted by Gasteiger charge is -2.73. The van der Waals surface area contributed by atoms with E-state index in [0.29, 0.717) is 36.8 Å². The van der Waals surface area contributed by atoms with Gasteiger partial charge in [-0.1, -0.05) is 58.0 Å².